The molecule has 0 saturated carbocycles. The Morgan fingerprint density at radius 3 is 2.65 bits per heavy atom. The number of ether oxygens (including phenoxy) is 2. The quantitative estimate of drug-likeness (QED) is 0.877. The fourth-order valence-corrected chi connectivity index (χ4v) is 2.92. The molecule has 140 valence electrons. The molecule has 0 spiro atoms. The molecule has 1 aromatic heterocycles. The molecular formula is C18H24N4O4. The Morgan fingerprint density at radius 1 is 1.19 bits per heavy atom. The second-order valence-corrected chi connectivity index (χ2v) is 6.26. The maximum Gasteiger partial charge on any atom is 0.409 e. The molecule has 26 heavy (non-hydrogen) atoms. The molecule has 1 aliphatic rings. The fourth-order valence-electron chi connectivity index (χ4n) is 2.92. The van der Waals surface area contributed by atoms with Crippen molar-refractivity contribution in [1.29, 1.82) is 0 Å². The summed E-state index contributed by atoms with van der Waals surface area (Å²) < 4.78 is 10.5. The van der Waals surface area contributed by atoms with E-state index in [1.54, 1.807) is 16.7 Å². The molecule has 0 unspecified atom stereocenters. The van der Waals surface area contributed by atoms with Gasteiger partial charge in [0.25, 0.3) is 0 Å². The van der Waals surface area contributed by atoms with Crippen molar-refractivity contribution in [2.24, 2.45) is 0 Å². The molecule has 2 aromatic rings. The van der Waals surface area contributed by atoms with Crippen LogP contribution in [0, 0.1) is 6.92 Å². The van der Waals surface area contributed by atoms with E-state index in [0.717, 1.165) is 16.6 Å². The Bertz CT molecular complexity index is 781. The van der Waals surface area contributed by atoms with E-state index >= 15 is 0 Å². The Balaban J connectivity index is 1.43. The number of nitrogens with one attached hydrogen (secondary N) is 1. The maximum absolute atomic E-state index is 12.2. The van der Waals surface area contributed by atoms with Crippen LogP contribution >= 0.6 is 0 Å². The molecular weight excluding hydrogens is 336 g/mol. The lowest BCUT2D eigenvalue weighted by molar-refractivity contribution is -0.138. The molecule has 8 nitrogen and oxygen atoms in total. The highest BCUT2D eigenvalue weighted by Crippen LogP contribution is 2.13. The lowest BCUT2D eigenvalue weighted by atomic mass is 10.2. The van der Waals surface area contributed by atoms with Gasteiger partial charge in [-0.1, -0.05) is 6.07 Å². The van der Waals surface area contributed by atoms with Gasteiger partial charge < -0.3 is 24.3 Å². The number of piperazine rings is 1. The number of hydrogen-bond donors (Lipinski definition) is 1. The van der Waals surface area contributed by atoms with Crippen molar-refractivity contribution in [2.75, 3.05) is 39.4 Å². The monoisotopic (exact) mass is 360 g/mol. The van der Waals surface area contributed by atoms with Crippen molar-refractivity contribution in [1.82, 2.24) is 19.8 Å². The molecule has 8 heteroatoms. The summed E-state index contributed by atoms with van der Waals surface area (Å²) in [6.07, 6.45) is -0.323. The van der Waals surface area contributed by atoms with Gasteiger partial charge in [-0.3, -0.25) is 4.79 Å². The number of rotatable bonds is 5. The summed E-state index contributed by atoms with van der Waals surface area (Å²) in [5.74, 6) is 0.617. The van der Waals surface area contributed by atoms with Gasteiger partial charge >= 0.3 is 6.09 Å². The molecule has 1 aliphatic heterocycles. The van der Waals surface area contributed by atoms with E-state index in [1.165, 1.54) is 0 Å². The standard InChI is InChI=1S/C18H24N4O4/c1-3-26-18(24)22-8-6-21(7-9-22)17(23)12-25-11-16-19-14-5-4-13(2)10-15(14)20-16/h4-5,10H,3,6-9,11-12H2,1-2H3,(H,19,20). The van der Waals surface area contributed by atoms with Gasteiger partial charge in [0, 0.05) is 26.2 Å². The molecule has 0 atom stereocenters. The SMILES string of the molecule is CCOC(=O)N1CCN(C(=O)COCc2nc3ccc(C)cc3[nH]2)CC1. The predicted octanol–water partition coefficient (Wildman–Crippen LogP) is 1.69. The van der Waals surface area contributed by atoms with Crippen LogP contribution in [0.4, 0.5) is 4.79 Å². The molecule has 3 rings (SSSR count). The van der Waals surface area contributed by atoms with Crippen molar-refractivity contribution in [3.8, 4) is 0 Å². The predicted molar refractivity (Wildman–Crippen MR) is 95.7 cm³/mol. The average Bonchev–Trinajstić information content (AvgIpc) is 3.03. The van der Waals surface area contributed by atoms with Gasteiger partial charge in [0.1, 0.15) is 19.0 Å². The molecule has 0 bridgehead atoms. The number of H-pyrrole nitrogens is 1. The van der Waals surface area contributed by atoms with E-state index in [-0.39, 0.29) is 25.2 Å². The van der Waals surface area contributed by atoms with Crippen LogP contribution in [-0.4, -0.2) is 71.2 Å². The van der Waals surface area contributed by atoms with Crippen molar-refractivity contribution >= 4 is 23.0 Å². The third-order valence-corrected chi connectivity index (χ3v) is 4.31. The highest BCUT2D eigenvalue weighted by molar-refractivity contribution is 5.78. The molecule has 2 heterocycles. The number of aromatic amines is 1. The van der Waals surface area contributed by atoms with Crippen LogP contribution < -0.4 is 0 Å². The zero-order valence-electron chi connectivity index (χ0n) is 15.2. The lowest BCUT2D eigenvalue weighted by Crippen LogP contribution is -2.51. The van der Waals surface area contributed by atoms with E-state index in [2.05, 4.69) is 9.97 Å². The zero-order valence-corrected chi connectivity index (χ0v) is 15.2. The van der Waals surface area contributed by atoms with Crippen LogP contribution in [0.1, 0.15) is 18.3 Å². The summed E-state index contributed by atoms with van der Waals surface area (Å²) in [4.78, 5) is 34.9. The van der Waals surface area contributed by atoms with E-state index < -0.39 is 0 Å². The lowest BCUT2D eigenvalue weighted by Gasteiger charge is -2.33. The number of benzene rings is 1. The number of carbonyl (C=O) groups excluding carboxylic acids is 2. The topological polar surface area (TPSA) is 87.8 Å². The van der Waals surface area contributed by atoms with Crippen LogP contribution in [0.15, 0.2) is 18.2 Å². The normalized spacial score (nSPS) is 14.7. The third-order valence-electron chi connectivity index (χ3n) is 4.31. The molecule has 1 saturated heterocycles. The number of aryl methyl sites for hydroxylation is 1. The number of carbonyl (C=O) groups is 2. The fraction of sp³-hybridized carbons (Fsp3) is 0.500. The van der Waals surface area contributed by atoms with Crippen molar-refractivity contribution < 1.29 is 19.1 Å². The summed E-state index contributed by atoms with van der Waals surface area (Å²) in [6.45, 7) is 6.34. The summed E-state index contributed by atoms with van der Waals surface area (Å²) in [6, 6.07) is 5.99. The number of hydrogen-bond acceptors (Lipinski definition) is 5. The summed E-state index contributed by atoms with van der Waals surface area (Å²) in [5.41, 5.74) is 3.01. The van der Waals surface area contributed by atoms with Crippen LogP contribution in [-0.2, 0) is 20.9 Å². The Labute approximate surface area is 152 Å². The molecule has 1 N–H and O–H groups in total. The van der Waals surface area contributed by atoms with Gasteiger partial charge in [-0.2, -0.15) is 0 Å². The smallest absolute Gasteiger partial charge is 0.409 e. The minimum atomic E-state index is -0.323. The molecule has 1 fully saturated rings. The number of imidazole rings is 1. The van der Waals surface area contributed by atoms with Crippen molar-refractivity contribution in [2.45, 2.75) is 20.5 Å². The number of fused-ring (bicyclic) bond motifs is 1. The van der Waals surface area contributed by atoms with Crippen LogP contribution in [0.2, 0.25) is 0 Å². The maximum atomic E-state index is 12.2. The minimum absolute atomic E-state index is 0.00448. The van der Waals surface area contributed by atoms with Crippen molar-refractivity contribution in [3.05, 3.63) is 29.6 Å². The molecule has 0 aliphatic carbocycles. The van der Waals surface area contributed by atoms with E-state index in [0.29, 0.717) is 38.6 Å². The van der Waals surface area contributed by atoms with E-state index in [1.807, 2.05) is 25.1 Å². The van der Waals surface area contributed by atoms with E-state index in [9.17, 15) is 9.59 Å². The van der Waals surface area contributed by atoms with Gasteiger partial charge in [0.2, 0.25) is 5.91 Å². The zero-order chi connectivity index (χ0) is 18.5. The molecule has 1 aromatic carbocycles. The first kappa shape index (κ1) is 18.2. The van der Waals surface area contributed by atoms with Gasteiger partial charge in [0.05, 0.1) is 17.6 Å². The number of nitrogens with zero attached hydrogens (tertiary/aromatic N) is 3. The van der Waals surface area contributed by atoms with Crippen molar-refractivity contribution in [3.63, 3.8) is 0 Å². The second-order valence-electron chi connectivity index (χ2n) is 6.26. The Kier molecular flexibility index (Phi) is 5.72. The largest absolute Gasteiger partial charge is 0.450 e. The average molecular weight is 360 g/mol. The summed E-state index contributed by atoms with van der Waals surface area (Å²) in [7, 11) is 0. The third kappa shape index (κ3) is 4.32. The van der Waals surface area contributed by atoms with Gasteiger partial charge in [0.15, 0.2) is 0 Å². The van der Waals surface area contributed by atoms with Gasteiger partial charge in [-0.15, -0.1) is 0 Å². The summed E-state index contributed by atoms with van der Waals surface area (Å²) >= 11 is 0. The highest BCUT2D eigenvalue weighted by Gasteiger charge is 2.24. The Morgan fingerprint density at radius 2 is 1.92 bits per heavy atom. The van der Waals surface area contributed by atoms with Gasteiger partial charge in [-0.05, 0) is 31.5 Å². The Hall–Kier alpha value is -2.61. The first-order valence-corrected chi connectivity index (χ1v) is 8.79. The first-order valence-electron chi connectivity index (χ1n) is 8.79. The van der Waals surface area contributed by atoms with E-state index in [4.69, 9.17) is 9.47 Å². The minimum Gasteiger partial charge on any atom is -0.450 e. The number of amides is 2. The van der Waals surface area contributed by atoms with Crippen LogP contribution in [0.3, 0.4) is 0 Å². The highest BCUT2D eigenvalue weighted by atomic mass is 16.6. The number of aromatic nitrogens is 2. The molecule has 2 amide bonds. The van der Waals surface area contributed by atoms with Crippen LogP contribution in [0.5, 0.6) is 0 Å². The van der Waals surface area contributed by atoms with Crippen LogP contribution in [0.25, 0.3) is 11.0 Å². The second kappa shape index (κ2) is 8.18. The summed E-state index contributed by atoms with van der Waals surface area (Å²) in [5, 5.41) is 0. The first-order chi connectivity index (χ1) is 12.6. The van der Waals surface area contributed by atoms with Gasteiger partial charge in [-0.25, -0.2) is 9.78 Å². The molecule has 0 radical (unpaired) electrons.